The first-order valence-electron chi connectivity index (χ1n) is 3.32. The fraction of sp³-hybridized carbons (Fsp3) is 0.667. The first-order chi connectivity index (χ1) is 5.18. The van der Waals surface area contributed by atoms with Gasteiger partial charge in [0.2, 0.25) is 0 Å². The van der Waals surface area contributed by atoms with Gasteiger partial charge in [-0.1, -0.05) is 6.08 Å². The van der Waals surface area contributed by atoms with Gasteiger partial charge in [-0.2, -0.15) is 0 Å². The molecule has 66 valence electrons. The zero-order valence-electron chi connectivity index (χ0n) is 7.00. The lowest BCUT2D eigenvalue weighted by molar-refractivity contribution is 0.101. The van der Waals surface area contributed by atoms with Crippen LogP contribution in [0.1, 0.15) is 6.42 Å². The number of hydrogen-bond donors (Lipinski definition) is 1. The summed E-state index contributed by atoms with van der Waals surface area (Å²) >= 11 is 0. The second-order valence-corrected chi connectivity index (χ2v) is 4.25. The molecule has 0 atom stereocenters. The molecule has 0 saturated heterocycles. The van der Waals surface area contributed by atoms with Crippen LogP contribution in [-0.2, 0) is 13.3 Å². The van der Waals surface area contributed by atoms with Crippen molar-refractivity contribution in [3.8, 4) is 0 Å². The van der Waals surface area contributed by atoms with Crippen LogP contribution in [0.15, 0.2) is 12.7 Å². The minimum Gasteiger partial charge on any atom is -0.365 e. The van der Waals surface area contributed by atoms with E-state index in [4.69, 9.17) is 18.7 Å². The highest BCUT2D eigenvalue weighted by atomic mass is 28.4. The van der Waals surface area contributed by atoms with Crippen LogP contribution in [0, 0.1) is 0 Å². The van der Waals surface area contributed by atoms with Crippen LogP contribution in [0.4, 0.5) is 0 Å². The van der Waals surface area contributed by atoms with Crippen molar-refractivity contribution in [2.75, 3.05) is 20.8 Å². The summed E-state index contributed by atoms with van der Waals surface area (Å²) in [5, 5.41) is 5.58. The Hall–Kier alpha value is -0.203. The molecule has 0 spiro atoms. The zero-order valence-corrected chi connectivity index (χ0v) is 8.00. The molecule has 0 aromatic carbocycles. The molecule has 5 heteroatoms. The maximum absolute atomic E-state index is 5.58. The van der Waals surface area contributed by atoms with Gasteiger partial charge in [0.25, 0.3) is 0 Å². The third-order valence-corrected chi connectivity index (χ3v) is 2.94. The molecule has 0 heterocycles. The van der Waals surface area contributed by atoms with Crippen molar-refractivity contribution in [3.05, 3.63) is 12.7 Å². The summed E-state index contributed by atoms with van der Waals surface area (Å²) in [6.07, 6.45) is 2.50. The lowest BCUT2D eigenvalue weighted by Gasteiger charge is -2.19. The van der Waals surface area contributed by atoms with Crippen LogP contribution < -0.4 is 5.40 Å². The molecule has 0 aromatic heterocycles. The molecule has 0 rings (SSSR count). The molecule has 0 amide bonds. The highest BCUT2D eigenvalue weighted by Gasteiger charge is 2.33. The third kappa shape index (κ3) is 4.28. The van der Waals surface area contributed by atoms with Gasteiger partial charge in [-0.15, -0.1) is 6.58 Å². The minimum atomic E-state index is -2.78. The van der Waals surface area contributed by atoms with Crippen molar-refractivity contribution in [2.24, 2.45) is 5.40 Å². The van der Waals surface area contributed by atoms with Crippen LogP contribution in [0.3, 0.4) is 0 Å². The van der Waals surface area contributed by atoms with E-state index in [9.17, 15) is 0 Å². The molecule has 2 N–H and O–H groups in total. The minimum absolute atomic E-state index is 0.494. The lowest BCUT2D eigenvalue weighted by atomic mass is 10.5. The molecule has 11 heavy (non-hydrogen) atoms. The monoisotopic (exact) mass is 177 g/mol. The van der Waals surface area contributed by atoms with Crippen molar-refractivity contribution in [3.63, 3.8) is 0 Å². The van der Waals surface area contributed by atoms with Crippen molar-refractivity contribution in [2.45, 2.75) is 6.42 Å². The van der Waals surface area contributed by atoms with E-state index in [0.717, 1.165) is 6.42 Å². The quantitative estimate of drug-likeness (QED) is 0.359. The molecule has 4 nitrogen and oxygen atoms in total. The van der Waals surface area contributed by atoms with Crippen molar-refractivity contribution < 1.29 is 13.3 Å². The Morgan fingerprint density at radius 2 is 2.00 bits per heavy atom. The lowest BCUT2D eigenvalue weighted by Crippen LogP contribution is -2.53. The highest BCUT2D eigenvalue weighted by molar-refractivity contribution is 6.56. The van der Waals surface area contributed by atoms with E-state index in [1.807, 2.05) is 0 Å². The maximum atomic E-state index is 5.58. The molecule has 0 radical (unpaired) electrons. The van der Waals surface area contributed by atoms with Crippen LogP contribution in [0.2, 0.25) is 0 Å². The summed E-state index contributed by atoms with van der Waals surface area (Å²) in [4.78, 5) is 0. The zero-order chi connectivity index (χ0) is 8.74. The fourth-order valence-corrected chi connectivity index (χ4v) is 1.29. The van der Waals surface area contributed by atoms with E-state index >= 15 is 0 Å². The van der Waals surface area contributed by atoms with E-state index in [1.165, 1.54) is 14.2 Å². The smallest absolute Gasteiger partial charge is 0.365 e. The molecule has 0 aliphatic heterocycles. The van der Waals surface area contributed by atoms with Gasteiger partial charge in [0.05, 0.1) is 0 Å². The van der Waals surface area contributed by atoms with Crippen molar-refractivity contribution >= 4 is 8.97 Å². The number of nitrogens with two attached hydrogens (primary N) is 1. The standard InChI is InChI=1S/C6H15NO3Si/c1-4-5-6-10-11(7,8-2)9-3/h4H,1,5-7H2,2-3H3. The predicted molar refractivity (Wildman–Crippen MR) is 44.7 cm³/mol. The maximum Gasteiger partial charge on any atom is 0.593 e. The second kappa shape index (κ2) is 5.45. The molecular formula is C6H15NO3Si. The first kappa shape index (κ1) is 10.8. The van der Waals surface area contributed by atoms with Gasteiger partial charge in [0.15, 0.2) is 0 Å². The molecule has 0 aromatic rings. The topological polar surface area (TPSA) is 53.7 Å². The summed E-state index contributed by atoms with van der Waals surface area (Å²) in [5.74, 6) is 0. The Labute approximate surface area is 68.4 Å². The summed E-state index contributed by atoms with van der Waals surface area (Å²) < 4.78 is 14.9. The molecule has 0 saturated carbocycles. The largest absolute Gasteiger partial charge is 0.593 e. The van der Waals surface area contributed by atoms with Gasteiger partial charge in [-0.05, 0) is 6.42 Å². The van der Waals surface area contributed by atoms with Gasteiger partial charge in [-0.3, -0.25) is 5.40 Å². The van der Waals surface area contributed by atoms with Gasteiger partial charge >= 0.3 is 8.97 Å². The van der Waals surface area contributed by atoms with E-state index in [2.05, 4.69) is 6.58 Å². The third-order valence-electron chi connectivity index (χ3n) is 1.19. The summed E-state index contributed by atoms with van der Waals surface area (Å²) in [6.45, 7) is 4.04. The average molecular weight is 177 g/mol. The second-order valence-electron chi connectivity index (χ2n) is 1.94. The first-order valence-corrected chi connectivity index (χ1v) is 5.12. The van der Waals surface area contributed by atoms with Crippen molar-refractivity contribution in [1.29, 1.82) is 0 Å². The van der Waals surface area contributed by atoms with Gasteiger partial charge in [0.1, 0.15) is 0 Å². The SMILES string of the molecule is C=CCCO[Si](N)(OC)OC. The summed E-state index contributed by atoms with van der Waals surface area (Å²) in [6, 6.07) is 0. The van der Waals surface area contributed by atoms with Crippen LogP contribution >= 0.6 is 0 Å². The van der Waals surface area contributed by atoms with Crippen LogP contribution in [-0.4, -0.2) is 29.8 Å². The molecule has 0 aliphatic carbocycles. The molecule has 0 aliphatic rings. The van der Waals surface area contributed by atoms with Crippen LogP contribution in [0.25, 0.3) is 0 Å². The highest BCUT2D eigenvalue weighted by Crippen LogP contribution is 1.98. The molecule has 0 fully saturated rings. The number of hydrogen-bond acceptors (Lipinski definition) is 4. The Bertz CT molecular complexity index is 116. The predicted octanol–water partition coefficient (Wildman–Crippen LogP) is 0.266. The van der Waals surface area contributed by atoms with E-state index in [1.54, 1.807) is 6.08 Å². The normalized spacial score (nSPS) is 11.5. The Kier molecular flexibility index (Phi) is 5.35. The van der Waals surface area contributed by atoms with Crippen molar-refractivity contribution in [1.82, 2.24) is 0 Å². The Morgan fingerprint density at radius 1 is 1.45 bits per heavy atom. The van der Waals surface area contributed by atoms with Gasteiger partial charge in [0, 0.05) is 20.8 Å². The van der Waals surface area contributed by atoms with Crippen LogP contribution in [0.5, 0.6) is 0 Å². The average Bonchev–Trinajstić information content (AvgIpc) is 2.05. The Morgan fingerprint density at radius 3 is 2.36 bits per heavy atom. The number of rotatable bonds is 6. The van der Waals surface area contributed by atoms with Gasteiger partial charge in [-0.25, -0.2) is 0 Å². The molecular weight excluding hydrogens is 162 g/mol. The fourth-order valence-electron chi connectivity index (χ4n) is 0.486. The Balaban J connectivity index is 3.59. The van der Waals surface area contributed by atoms with E-state index in [-0.39, 0.29) is 0 Å². The molecule has 0 bridgehead atoms. The summed E-state index contributed by atoms with van der Waals surface area (Å²) in [7, 11) is 0.169. The van der Waals surface area contributed by atoms with E-state index < -0.39 is 8.97 Å². The molecule has 0 unspecified atom stereocenters. The van der Waals surface area contributed by atoms with E-state index in [0.29, 0.717) is 6.61 Å². The summed E-state index contributed by atoms with van der Waals surface area (Å²) in [5.41, 5.74) is 0. The van der Waals surface area contributed by atoms with Gasteiger partial charge < -0.3 is 13.3 Å².